The molecular weight excluding hydrogens is 273 g/mol. The molecule has 1 atom stereocenters. The Morgan fingerprint density at radius 1 is 1.38 bits per heavy atom. The van der Waals surface area contributed by atoms with Gasteiger partial charge in [0.05, 0.1) is 6.54 Å². The van der Waals surface area contributed by atoms with Crippen LogP contribution >= 0.6 is 0 Å². The number of aliphatic hydroxyl groups excluding tert-OH is 1. The number of halogens is 1. The maximum Gasteiger partial charge on any atom is 0.410 e. The van der Waals surface area contributed by atoms with Gasteiger partial charge in [-0.1, -0.05) is 24.0 Å². The zero-order valence-corrected chi connectivity index (χ0v) is 12.7. The quantitative estimate of drug-likeness (QED) is 0.853. The molecule has 0 bridgehead atoms. The Balaban J connectivity index is 2.55. The van der Waals surface area contributed by atoms with E-state index < -0.39 is 17.8 Å². The lowest BCUT2D eigenvalue weighted by molar-refractivity contribution is 0.0320. The van der Waals surface area contributed by atoms with E-state index in [1.165, 1.54) is 29.2 Å². The van der Waals surface area contributed by atoms with Gasteiger partial charge in [-0.3, -0.25) is 0 Å². The zero-order valence-electron chi connectivity index (χ0n) is 12.7. The van der Waals surface area contributed by atoms with E-state index in [1.807, 2.05) is 0 Å². The van der Waals surface area contributed by atoms with Crippen molar-refractivity contribution >= 4 is 6.09 Å². The van der Waals surface area contributed by atoms with Gasteiger partial charge >= 0.3 is 6.09 Å². The molecule has 0 radical (unpaired) electrons. The van der Waals surface area contributed by atoms with Gasteiger partial charge in [0.25, 0.3) is 0 Å². The van der Waals surface area contributed by atoms with Crippen molar-refractivity contribution in [1.29, 1.82) is 0 Å². The summed E-state index contributed by atoms with van der Waals surface area (Å²) in [6.07, 6.45) is -1.49. The van der Waals surface area contributed by atoms with Crippen molar-refractivity contribution in [2.24, 2.45) is 0 Å². The Kier molecular flexibility index (Phi) is 5.74. The summed E-state index contributed by atoms with van der Waals surface area (Å²) in [5.41, 5.74) is -0.0596. The van der Waals surface area contributed by atoms with Crippen molar-refractivity contribution in [3.63, 3.8) is 0 Å². The van der Waals surface area contributed by atoms with Crippen molar-refractivity contribution in [3.8, 4) is 11.8 Å². The minimum atomic E-state index is -1.02. The molecule has 1 N–H and O–H groups in total. The van der Waals surface area contributed by atoms with Crippen LogP contribution in [0.1, 0.15) is 32.4 Å². The lowest BCUT2D eigenvalue weighted by Crippen LogP contribution is -2.34. The van der Waals surface area contributed by atoms with Crippen LogP contribution in [-0.4, -0.2) is 35.3 Å². The van der Waals surface area contributed by atoms with Crippen LogP contribution in [0.5, 0.6) is 0 Å². The second-order valence-corrected chi connectivity index (χ2v) is 5.61. The van der Waals surface area contributed by atoms with Crippen LogP contribution in [0.3, 0.4) is 0 Å². The van der Waals surface area contributed by atoms with E-state index >= 15 is 0 Å². The van der Waals surface area contributed by atoms with Crippen LogP contribution in [0.4, 0.5) is 9.18 Å². The molecule has 0 spiro atoms. The zero-order chi connectivity index (χ0) is 16.0. The number of hydrogen-bond acceptors (Lipinski definition) is 3. The largest absolute Gasteiger partial charge is 0.444 e. The maximum absolute atomic E-state index is 12.8. The molecule has 0 aliphatic carbocycles. The second-order valence-electron chi connectivity index (χ2n) is 5.61. The number of benzene rings is 1. The minimum absolute atomic E-state index is 0.132. The van der Waals surface area contributed by atoms with Crippen LogP contribution in [0, 0.1) is 17.7 Å². The molecule has 0 saturated carbocycles. The molecule has 4 nitrogen and oxygen atoms in total. The summed E-state index contributed by atoms with van der Waals surface area (Å²) >= 11 is 0. The lowest BCUT2D eigenvalue weighted by Gasteiger charge is -2.23. The van der Waals surface area contributed by atoms with E-state index in [2.05, 4.69) is 11.8 Å². The molecule has 5 heteroatoms. The molecule has 1 aromatic carbocycles. The highest BCUT2D eigenvalue weighted by Gasteiger charge is 2.18. The van der Waals surface area contributed by atoms with E-state index in [9.17, 15) is 14.3 Å². The van der Waals surface area contributed by atoms with Crippen molar-refractivity contribution in [3.05, 3.63) is 35.6 Å². The van der Waals surface area contributed by atoms with E-state index in [0.29, 0.717) is 5.56 Å². The average Bonchev–Trinajstić information content (AvgIpc) is 2.37. The third-order valence-corrected chi connectivity index (χ3v) is 2.45. The summed E-state index contributed by atoms with van der Waals surface area (Å²) in [5.74, 6) is 4.92. The maximum atomic E-state index is 12.8. The number of amides is 1. The fourth-order valence-corrected chi connectivity index (χ4v) is 1.39. The molecule has 0 aromatic heterocycles. The second kappa shape index (κ2) is 7.09. The summed E-state index contributed by atoms with van der Waals surface area (Å²) in [4.78, 5) is 13.0. The smallest absolute Gasteiger partial charge is 0.410 e. The van der Waals surface area contributed by atoms with Gasteiger partial charge in [-0.25, -0.2) is 9.18 Å². The van der Waals surface area contributed by atoms with Crippen LogP contribution < -0.4 is 0 Å². The first kappa shape index (κ1) is 17.0. The van der Waals surface area contributed by atoms with Crippen LogP contribution in [0.2, 0.25) is 0 Å². The number of ether oxygens (including phenoxy) is 1. The Bertz CT molecular complexity index is 537. The molecule has 1 rings (SSSR count). The predicted octanol–water partition coefficient (Wildman–Crippen LogP) is 2.73. The van der Waals surface area contributed by atoms with Gasteiger partial charge < -0.3 is 14.7 Å². The van der Waals surface area contributed by atoms with E-state index in [-0.39, 0.29) is 12.4 Å². The van der Waals surface area contributed by atoms with Gasteiger partial charge in [0.2, 0.25) is 0 Å². The van der Waals surface area contributed by atoms with Crippen LogP contribution in [0.25, 0.3) is 0 Å². The summed E-state index contributed by atoms with van der Waals surface area (Å²) in [5, 5.41) is 9.82. The van der Waals surface area contributed by atoms with Gasteiger partial charge in [-0.2, -0.15) is 0 Å². The molecule has 0 aliphatic rings. The number of carbonyl (C=O) groups is 1. The molecular formula is C16H20FNO3. The molecule has 0 aliphatic heterocycles. The molecule has 1 amide bonds. The van der Waals surface area contributed by atoms with Crippen molar-refractivity contribution in [2.75, 3.05) is 13.6 Å². The number of rotatable bonds is 2. The molecule has 1 aromatic rings. The topological polar surface area (TPSA) is 49.8 Å². The number of hydrogen-bond donors (Lipinski definition) is 1. The molecule has 0 fully saturated rings. The highest BCUT2D eigenvalue weighted by Crippen LogP contribution is 2.12. The molecule has 114 valence electrons. The highest BCUT2D eigenvalue weighted by molar-refractivity contribution is 5.68. The van der Waals surface area contributed by atoms with Gasteiger partial charge in [0.15, 0.2) is 0 Å². The van der Waals surface area contributed by atoms with Gasteiger partial charge in [-0.05, 0) is 38.5 Å². The molecule has 0 heterocycles. The van der Waals surface area contributed by atoms with Gasteiger partial charge in [0, 0.05) is 7.05 Å². The van der Waals surface area contributed by atoms with E-state index in [1.54, 1.807) is 27.8 Å². The fraction of sp³-hybridized carbons (Fsp3) is 0.438. The van der Waals surface area contributed by atoms with Crippen molar-refractivity contribution in [2.45, 2.75) is 32.5 Å². The van der Waals surface area contributed by atoms with Crippen molar-refractivity contribution < 1.29 is 19.0 Å². The Morgan fingerprint density at radius 3 is 2.48 bits per heavy atom. The Morgan fingerprint density at radius 2 is 1.95 bits per heavy atom. The van der Waals surface area contributed by atoms with Gasteiger partial charge in [-0.15, -0.1) is 0 Å². The summed E-state index contributed by atoms with van der Waals surface area (Å²) < 4.78 is 17.9. The number of carbonyl (C=O) groups excluding carboxylic acids is 1. The van der Waals surface area contributed by atoms with Crippen LogP contribution in [0.15, 0.2) is 24.3 Å². The van der Waals surface area contributed by atoms with E-state index in [0.717, 1.165) is 0 Å². The average molecular weight is 293 g/mol. The molecule has 0 saturated heterocycles. The van der Waals surface area contributed by atoms with Crippen LogP contribution in [-0.2, 0) is 4.74 Å². The normalized spacial score (nSPS) is 12.1. The fourth-order valence-electron chi connectivity index (χ4n) is 1.39. The third kappa shape index (κ3) is 6.28. The summed E-state index contributed by atoms with van der Waals surface area (Å²) in [6.45, 7) is 5.47. The highest BCUT2D eigenvalue weighted by atomic mass is 19.1. The molecule has 21 heavy (non-hydrogen) atoms. The molecule has 1 unspecified atom stereocenters. The van der Waals surface area contributed by atoms with E-state index in [4.69, 9.17) is 4.74 Å². The summed E-state index contributed by atoms with van der Waals surface area (Å²) in [7, 11) is 1.56. The first-order chi connectivity index (χ1) is 9.69. The Labute approximate surface area is 124 Å². The minimum Gasteiger partial charge on any atom is -0.444 e. The summed E-state index contributed by atoms with van der Waals surface area (Å²) in [6, 6.07) is 5.44. The first-order valence-corrected chi connectivity index (χ1v) is 6.55. The number of aliphatic hydroxyl groups is 1. The first-order valence-electron chi connectivity index (χ1n) is 6.55. The predicted molar refractivity (Wildman–Crippen MR) is 78.0 cm³/mol. The standard InChI is InChI=1S/C16H20FNO3/c1-16(2,3)21-15(20)18(4)11-5-6-14(19)12-7-9-13(17)10-8-12/h7-10,14,19H,11H2,1-4H3. The third-order valence-electron chi connectivity index (χ3n) is 2.45. The Hall–Kier alpha value is -2.06. The van der Waals surface area contributed by atoms with Crippen molar-refractivity contribution in [1.82, 2.24) is 4.90 Å². The van der Waals surface area contributed by atoms with Gasteiger partial charge in [0.1, 0.15) is 17.5 Å². The monoisotopic (exact) mass is 293 g/mol. The lowest BCUT2D eigenvalue weighted by atomic mass is 10.1. The SMILES string of the molecule is CN(CC#CC(O)c1ccc(F)cc1)C(=O)OC(C)(C)C. The number of nitrogens with zero attached hydrogens (tertiary/aromatic N) is 1.